The van der Waals surface area contributed by atoms with Crippen LogP contribution in [0.5, 0.6) is 0 Å². The Morgan fingerprint density at radius 1 is 1.35 bits per heavy atom. The van der Waals surface area contributed by atoms with Crippen LogP contribution >= 0.6 is 12.4 Å². The molecule has 0 unspecified atom stereocenters. The molecule has 1 aliphatic heterocycles. The molecule has 0 radical (unpaired) electrons. The van der Waals surface area contributed by atoms with Gasteiger partial charge in [0.1, 0.15) is 5.58 Å². The predicted octanol–water partition coefficient (Wildman–Crippen LogP) is 2.71. The Hall–Kier alpha value is -1.52. The molecule has 4 rings (SSSR count). The molecule has 5 heteroatoms. The van der Waals surface area contributed by atoms with Crippen LogP contribution in [-0.4, -0.2) is 36.5 Å². The Morgan fingerprint density at radius 2 is 2.13 bits per heavy atom. The van der Waals surface area contributed by atoms with E-state index in [2.05, 4.69) is 24.4 Å². The summed E-state index contributed by atoms with van der Waals surface area (Å²) < 4.78 is 5.71. The lowest BCUT2D eigenvalue weighted by Gasteiger charge is -2.34. The lowest BCUT2D eigenvalue weighted by Crippen LogP contribution is -2.52. The van der Waals surface area contributed by atoms with Gasteiger partial charge >= 0.3 is 0 Å². The summed E-state index contributed by atoms with van der Waals surface area (Å²) in [4.78, 5) is 14.6. The molecule has 1 aromatic carbocycles. The zero-order chi connectivity index (χ0) is 15.1. The van der Waals surface area contributed by atoms with Crippen LogP contribution in [0.15, 0.2) is 22.8 Å². The van der Waals surface area contributed by atoms with Gasteiger partial charge in [-0.2, -0.15) is 0 Å². The fraction of sp³-hybridized carbons (Fsp3) is 0.500. The van der Waals surface area contributed by atoms with Gasteiger partial charge in [0.25, 0.3) is 0 Å². The number of furan rings is 1. The maximum absolute atomic E-state index is 12.6. The molecule has 1 saturated heterocycles. The summed E-state index contributed by atoms with van der Waals surface area (Å²) in [7, 11) is 0. The third kappa shape index (κ3) is 2.98. The zero-order valence-electron chi connectivity index (χ0n) is 13.4. The number of carbonyl (C=O) groups excluding carboxylic acids is 1. The molecule has 124 valence electrons. The van der Waals surface area contributed by atoms with E-state index in [1.807, 2.05) is 4.90 Å². The van der Waals surface area contributed by atoms with Gasteiger partial charge in [-0.25, -0.2) is 0 Å². The summed E-state index contributed by atoms with van der Waals surface area (Å²) in [5, 5.41) is 4.45. The summed E-state index contributed by atoms with van der Waals surface area (Å²) in [6.07, 6.45) is 5.74. The number of aryl methyl sites for hydroxylation is 2. The Kier molecular flexibility index (Phi) is 4.64. The lowest BCUT2D eigenvalue weighted by molar-refractivity contribution is -0.133. The average molecular weight is 335 g/mol. The molecule has 2 aliphatic rings. The first-order valence-electron chi connectivity index (χ1n) is 8.24. The van der Waals surface area contributed by atoms with E-state index in [-0.39, 0.29) is 24.4 Å². The van der Waals surface area contributed by atoms with Gasteiger partial charge in [0.15, 0.2) is 0 Å². The molecule has 2 aromatic rings. The SMILES string of the molecule is C[C@@H]1CNCCN1C(=O)Cc1coc2cc3c(cc12)CCC3.Cl. The number of amides is 1. The Morgan fingerprint density at radius 3 is 2.91 bits per heavy atom. The summed E-state index contributed by atoms with van der Waals surface area (Å²) in [5.41, 5.74) is 4.80. The molecule has 1 aliphatic carbocycles. The smallest absolute Gasteiger partial charge is 0.227 e. The van der Waals surface area contributed by atoms with Gasteiger partial charge in [0.05, 0.1) is 12.7 Å². The minimum Gasteiger partial charge on any atom is -0.464 e. The third-order valence-corrected chi connectivity index (χ3v) is 5.03. The van der Waals surface area contributed by atoms with Crippen molar-refractivity contribution in [3.05, 3.63) is 35.1 Å². The van der Waals surface area contributed by atoms with Crippen molar-refractivity contribution >= 4 is 29.3 Å². The van der Waals surface area contributed by atoms with E-state index in [4.69, 9.17) is 4.42 Å². The number of piperazine rings is 1. The van der Waals surface area contributed by atoms with E-state index in [9.17, 15) is 4.79 Å². The van der Waals surface area contributed by atoms with E-state index in [1.165, 1.54) is 17.5 Å². The van der Waals surface area contributed by atoms with Gasteiger partial charge in [-0.1, -0.05) is 0 Å². The minimum absolute atomic E-state index is 0. The highest BCUT2D eigenvalue weighted by Crippen LogP contribution is 2.30. The molecule has 23 heavy (non-hydrogen) atoms. The van der Waals surface area contributed by atoms with Gasteiger partial charge in [-0.3, -0.25) is 4.79 Å². The summed E-state index contributed by atoms with van der Waals surface area (Å²) >= 11 is 0. The lowest BCUT2D eigenvalue weighted by atomic mass is 10.0. The summed E-state index contributed by atoms with van der Waals surface area (Å²) in [6, 6.07) is 4.67. The van der Waals surface area contributed by atoms with E-state index in [1.54, 1.807) is 6.26 Å². The molecule has 0 bridgehead atoms. The molecule has 1 amide bonds. The minimum atomic E-state index is 0. The second kappa shape index (κ2) is 6.54. The fourth-order valence-electron chi connectivity index (χ4n) is 3.76. The van der Waals surface area contributed by atoms with Crippen LogP contribution in [0.4, 0.5) is 0 Å². The number of carbonyl (C=O) groups is 1. The highest BCUT2D eigenvalue weighted by atomic mass is 35.5. The highest BCUT2D eigenvalue weighted by Gasteiger charge is 2.24. The number of nitrogens with zero attached hydrogens (tertiary/aromatic N) is 1. The fourth-order valence-corrected chi connectivity index (χ4v) is 3.76. The normalized spacial score (nSPS) is 20.4. The highest BCUT2D eigenvalue weighted by molar-refractivity contribution is 5.89. The van der Waals surface area contributed by atoms with Gasteiger partial charge in [-0.05, 0) is 49.4 Å². The molecular weight excluding hydrogens is 312 g/mol. The number of nitrogens with one attached hydrogen (secondary N) is 1. The number of hydrogen-bond donors (Lipinski definition) is 1. The topological polar surface area (TPSA) is 45.5 Å². The van der Waals surface area contributed by atoms with Crippen molar-refractivity contribution in [1.29, 1.82) is 0 Å². The van der Waals surface area contributed by atoms with E-state index < -0.39 is 0 Å². The average Bonchev–Trinajstić information content (AvgIpc) is 3.12. The monoisotopic (exact) mass is 334 g/mol. The number of benzene rings is 1. The second-order valence-corrected chi connectivity index (χ2v) is 6.55. The molecule has 0 saturated carbocycles. The summed E-state index contributed by atoms with van der Waals surface area (Å²) in [5.74, 6) is 0.206. The van der Waals surface area contributed by atoms with Gasteiger partial charge in [-0.15, -0.1) is 12.4 Å². The maximum Gasteiger partial charge on any atom is 0.227 e. The second-order valence-electron chi connectivity index (χ2n) is 6.55. The van der Waals surface area contributed by atoms with Crippen LogP contribution in [0.3, 0.4) is 0 Å². The maximum atomic E-state index is 12.6. The van der Waals surface area contributed by atoms with Gasteiger partial charge in [0, 0.05) is 36.6 Å². The van der Waals surface area contributed by atoms with Gasteiger partial charge in [0.2, 0.25) is 5.91 Å². The molecule has 1 aromatic heterocycles. The Labute approximate surface area is 142 Å². The quantitative estimate of drug-likeness (QED) is 0.918. The summed E-state index contributed by atoms with van der Waals surface area (Å²) in [6.45, 7) is 4.66. The van der Waals surface area contributed by atoms with Crippen molar-refractivity contribution in [3.63, 3.8) is 0 Å². The first-order valence-corrected chi connectivity index (χ1v) is 8.24. The molecule has 1 atom stereocenters. The first-order chi connectivity index (χ1) is 10.7. The zero-order valence-corrected chi connectivity index (χ0v) is 14.2. The van der Waals surface area contributed by atoms with Crippen LogP contribution in [-0.2, 0) is 24.1 Å². The van der Waals surface area contributed by atoms with E-state index >= 15 is 0 Å². The number of halogens is 1. The standard InChI is InChI=1S/C18H22N2O2.ClH/c1-12-10-19-5-6-20(12)18(21)9-15-11-22-17-8-14-4-2-3-13(14)7-16(15)17;/h7-8,11-12,19H,2-6,9-10H2,1H3;1H/t12-;/m1./s1. The van der Waals surface area contributed by atoms with Crippen LogP contribution in [0.2, 0.25) is 0 Å². The number of hydrogen-bond acceptors (Lipinski definition) is 3. The van der Waals surface area contributed by atoms with Crippen LogP contribution in [0.25, 0.3) is 11.0 Å². The van der Waals surface area contributed by atoms with Crippen molar-refractivity contribution in [3.8, 4) is 0 Å². The van der Waals surface area contributed by atoms with Crippen molar-refractivity contribution in [2.45, 2.75) is 38.6 Å². The van der Waals surface area contributed by atoms with E-state index in [0.717, 1.165) is 49.0 Å². The van der Waals surface area contributed by atoms with Crippen molar-refractivity contribution < 1.29 is 9.21 Å². The van der Waals surface area contributed by atoms with Crippen LogP contribution in [0, 0.1) is 0 Å². The van der Waals surface area contributed by atoms with Gasteiger partial charge < -0.3 is 14.6 Å². The largest absolute Gasteiger partial charge is 0.464 e. The van der Waals surface area contributed by atoms with E-state index in [0.29, 0.717) is 6.42 Å². The first kappa shape index (κ1) is 16.3. The number of rotatable bonds is 2. The molecule has 4 nitrogen and oxygen atoms in total. The van der Waals surface area contributed by atoms with Crippen molar-refractivity contribution in [2.75, 3.05) is 19.6 Å². The molecule has 0 spiro atoms. The molecule has 1 N–H and O–H groups in total. The number of fused-ring (bicyclic) bond motifs is 2. The molecule has 1 fully saturated rings. The van der Waals surface area contributed by atoms with Crippen molar-refractivity contribution in [1.82, 2.24) is 10.2 Å². The Bertz CT molecular complexity index is 725. The van der Waals surface area contributed by atoms with Crippen LogP contribution in [0.1, 0.15) is 30.0 Å². The third-order valence-electron chi connectivity index (χ3n) is 5.03. The van der Waals surface area contributed by atoms with Crippen LogP contribution < -0.4 is 5.32 Å². The molecular formula is C18H23ClN2O2. The predicted molar refractivity (Wildman–Crippen MR) is 93.2 cm³/mol. The Balaban J connectivity index is 0.00000156. The van der Waals surface area contributed by atoms with Crippen molar-refractivity contribution in [2.24, 2.45) is 0 Å². The molecule has 2 heterocycles.